The lowest BCUT2D eigenvalue weighted by molar-refractivity contribution is 0.257. The first kappa shape index (κ1) is 13.9. The van der Waals surface area contributed by atoms with Gasteiger partial charge in [-0.3, -0.25) is 9.36 Å². The average Bonchev–Trinajstić information content (AvgIpc) is 2.38. The highest BCUT2D eigenvalue weighted by atomic mass is 127. The Labute approximate surface area is 121 Å². The minimum atomic E-state index is 0.0836. The zero-order valence-corrected chi connectivity index (χ0v) is 13.1. The Balaban J connectivity index is 2.20. The molecule has 0 radical (unpaired) electrons. The Bertz CT molecular complexity index is 489. The average molecular weight is 361 g/mol. The van der Waals surface area contributed by atoms with Gasteiger partial charge in [0.2, 0.25) is 0 Å². The van der Waals surface area contributed by atoms with E-state index in [0.29, 0.717) is 0 Å². The van der Waals surface area contributed by atoms with E-state index in [2.05, 4.69) is 34.4 Å². The predicted molar refractivity (Wildman–Crippen MR) is 83.0 cm³/mol. The standard InChI is InChI=1S/C13H20IN3O/c1-13(9-15)5-7-17(8-6-13)11-4-3-10(14)12(18)16(11)2/h3-4H,5-9,15H2,1-2H3. The van der Waals surface area contributed by atoms with Gasteiger partial charge < -0.3 is 10.6 Å². The first-order valence-corrected chi connectivity index (χ1v) is 7.35. The Morgan fingerprint density at radius 2 is 2.00 bits per heavy atom. The minimum absolute atomic E-state index is 0.0836. The maximum absolute atomic E-state index is 11.9. The molecule has 1 fully saturated rings. The lowest BCUT2D eigenvalue weighted by Gasteiger charge is -2.40. The van der Waals surface area contributed by atoms with Gasteiger partial charge >= 0.3 is 0 Å². The molecule has 1 aliphatic heterocycles. The number of aromatic nitrogens is 1. The lowest BCUT2D eigenvalue weighted by Crippen LogP contribution is -2.43. The van der Waals surface area contributed by atoms with Crippen LogP contribution in [-0.2, 0) is 7.05 Å². The van der Waals surface area contributed by atoms with E-state index in [1.165, 1.54) is 0 Å². The van der Waals surface area contributed by atoms with E-state index in [-0.39, 0.29) is 11.0 Å². The largest absolute Gasteiger partial charge is 0.358 e. The molecule has 0 saturated carbocycles. The number of halogens is 1. The summed E-state index contributed by atoms with van der Waals surface area (Å²) in [5.74, 6) is 1.01. The van der Waals surface area contributed by atoms with Gasteiger partial charge in [0.1, 0.15) is 5.82 Å². The normalized spacial score (nSPS) is 19.0. The van der Waals surface area contributed by atoms with Gasteiger partial charge in [0.25, 0.3) is 5.56 Å². The molecule has 0 spiro atoms. The van der Waals surface area contributed by atoms with Crippen molar-refractivity contribution in [3.63, 3.8) is 0 Å². The highest BCUT2D eigenvalue weighted by Crippen LogP contribution is 2.31. The number of nitrogens with two attached hydrogens (primary N) is 1. The molecule has 2 rings (SSSR count). The summed E-state index contributed by atoms with van der Waals surface area (Å²) in [5.41, 5.74) is 6.17. The third kappa shape index (κ3) is 2.56. The summed E-state index contributed by atoms with van der Waals surface area (Å²) in [6.45, 7) is 4.94. The minimum Gasteiger partial charge on any atom is -0.358 e. The van der Waals surface area contributed by atoms with Crippen molar-refractivity contribution in [3.8, 4) is 0 Å². The van der Waals surface area contributed by atoms with Crippen molar-refractivity contribution < 1.29 is 0 Å². The predicted octanol–water partition coefficient (Wildman–Crippen LogP) is 1.56. The second-order valence-corrected chi connectivity index (χ2v) is 6.57. The Kier molecular flexibility index (Phi) is 4.01. The number of nitrogens with zero attached hydrogens (tertiary/aromatic N) is 2. The van der Waals surface area contributed by atoms with Crippen molar-refractivity contribution >= 4 is 28.4 Å². The maximum atomic E-state index is 11.9. The Morgan fingerprint density at radius 1 is 1.39 bits per heavy atom. The summed E-state index contributed by atoms with van der Waals surface area (Å²) in [6.07, 6.45) is 2.17. The fraction of sp³-hybridized carbons (Fsp3) is 0.615. The molecule has 0 amide bonds. The third-order valence-corrected chi connectivity index (χ3v) is 4.84. The van der Waals surface area contributed by atoms with Crippen molar-refractivity contribution in [2.45, 2.75) is 19.8 Å². The van der Waals surface area contributed by atoms with Gasteiger partial charge in [0, 0.05) is 20.1 Å². The molecule has 4 nitrogen and oxygen atoms in total. The van der Waals surface area contributed by atoms with Crippen molar-refractivity contribution in [1.29, 1.82) is 0 Å². The van der Waals surface area contributed by atoms with Crippen LogP contribution in [0.5, 0.6) is 0 Å². The zero-order valence-electron chi connectivity index (χ0n) is 10.9. The van der Waals surface area contributed by atoms with Crippen LogP contribution in [0.4, 0.5) is 5.82 Å². The van der Waals surface area contributed by atoms with Gasteiger partial charge in [-0.1, -0.05) is 6.92 Å². The molecule has 0 aromatic carbocycles. The topological polar surface area (TPSA) is 51.3 Å². The molecule has 2 heterocycles. The van der Waals surface area contributed by atoms with E-state index in [9.17, 15) is 4.79 Å². The van der Waals surface area contributed by atoms with Gasteiger partial charge in [-0.05, 0) is 59.5 Å². The number of hydrogen-bond acceptors (Lipinski definition) is 3. The number of pyridine rings is 1. The van der Waals surface area contributed by atoms with E-state index >= 15 is 0 Å². The first-order valence-electron chi connectivity index (χ1n) is 6.27. The second-order valence-electron chi connectivity index (χ2n) is 5.41. The van der Waals surface area contributed by atoms with Crippen LogP contribution in [0.2, 0.25) is 0 Å². The SMILES string of the molecule is Cn1c(N2CCC(C)(CN)CC2)ccc(I)c1=O. The van der Waals surface area contributed by atoms with Gasteiger partial charge in [0.15, 0.2) is 0 Å². The molecule has 0 bridgehead atoms. The van der Waals surface area contributed by atoms with Crippen molar-refractivity contribution in [1.82, 2.24) is 4.57 Å². The van der Waals surface area contributed by atoms with E-state index < -0.39 is 0 Å². The zero-order chi connectivity index (χ0) is 13.3. The first-order chi connectivity index (χ1) is 8.47. The lowest BCUT2D eigenvalue weighted by atomic mass is 9.80. The van der Waals surface area contributed by atoms with Gasteiger partial charge in [0.05, 0.1) is 3.57 Å². The van der Waals surface area contributed by atoms with Crippen LogP contribution in [0, 0.1) is 8.99 Å². The quantitative estimate of drug-likeness (QED) is 0.814. The molecule has 1 saturated heterocycles. The number of piperidine rings is 1. The van der Waals surface area contributed by atoms with Crippen LogP contribution in [0.15, 0.2) is 16.9 Å². The maximum Gasteiger partial charge on any atom is 0.265 e. The molecule has 0 aliphatic carbocycles. The van der Waals surface area contributed by atoms with Crippen molar-refractivity contribution in [2.75, 3.05) is 24.5 Å². The van der Waals surface area contributed by atoms with E-state index in [1.54, 1.807) is 4.57 Å². The van der Waals surface area contributed by atoms with Crippen molar-refractivity contribution in [3.05, 3.63) is 26.1 Å². The van der Waals surface area contributed by atoms with Crippen LogP contribution in [0.3, 0.4) is 0 Å². The highest BCUT2D eigenvalue weighted by Gasteiger charge is 2.29. The molecule has 18 heavy (non-hydrogen) atoms. The summed E-state index contributed by atoms with van der Waals surface area (Å²) in [7, 11) is 1.84. The molecule has 2 N–H and O–H groups in total. The van der Waals surface area contributed by atoms with Gasteiger partial charge in [-0.2, -0.15) is 0 Å². The summed E-state index contributed by atoms with van der Waals surface area (Å²) in [4.78, 5) is 14.2. The van der Waals surface area contributed by atoms with E-state index in [0.717, 1.165) is 41.9 Å². The van der Waals surface area contributed by atoms with Crippen molar-refractivity contribution in [2.24, 2.45) is 18.2 Å². The molecule has 1 aromatic rings. The van der Waals surface area contributed by atoms with Gasteiger partial charge in [-0.15, -0.1) is 0 Å². The monoisotopic (exact) mass is 361 g/mol. The van der Waals surface area contributed by atoms with Crippen LogP contribution in [-0.4, -0.2) is 24.2 Å². The molecular formula is C13H20IN3O. The number of anilines is 1. The van der Waals surface area contributed by atoms with E-state index in [1.807, 2.05) is 19.2 Å². The third-order valence-electron chi connectivity index (χ3n) is 4.02. The molecule has 100 valence electrons. The summed E-state index contributed by atoms with van der Waals surface area (Å²) in [6, 6.07) is 3.93. The van der Waals surface area contributed by atoms with Crippen LogP contribution >= 0.6 is 22.6 Å². The molecule has 0 atom stereocenters. The fourth-order valence-electron chi connectivity index (χ4n) is 2.39. The molecule has 5 heteroatoms. The fourth-order valence-corrected chi connectivity index (χ4v) is 2.93. The summed E-state index contributed by atoms with van der Waals surface area (Å²) in [5, 5.41) is 0. The van der Waals surface area contributed by atoms with Gasteiger partial charge in [-0.25, -0.2) is 0 Å². The van der Waals surface area contributed by atoms with Crippen LogP contribution in [0.1, 0.15) is 19.8 Å². The Morgan fingerprint density at radius 3 is 2.56 bits per heavy atom. The Hall–Kier alpha value is -0.560. The summed E-state index contributed by atoms with van der Waals surface area (Å²) >= 11 is 2.08. The molecule has 1 aromatic heterocycles. The highest BCUT2D eigenvalue weighted by molar-refractivity contribution is 14.1. The van der Waals surface area contributed by atoms with Crippen LogP contribution < -0.4 is 16.2 Å². The van der Waals surface area contributed by atoms with Crippen LogP contribution in [0.25, 0.3) is 0 Å². The van der Waals surface area contributed by atoms with E-state index in [4.69, 9.17) is 5.73 Å². The summed E-state index contributed by atoms with van der Waals surface area (Å²) < 4.78 is 2.51. The number of rotatable bonds is 2. The smallest absolute Gasteiger partial charge is 0.265 e. The molecule has 1 aliphatic rings. The second kappa shape index (κ2) is 5.21. The number of hydrogen-bond donors (Lipinski definition) is 1. The molecule has 0 unspecified atom stereocenters. The molecular weight excluding hydrogens is 341 g/mol.